The second-order valence-electron chi connectivity index (χ2n) is 8.47. The monoisotopic (exact) mass is 496 g/mol. The number of aliphatic hydroxyl groups is 2. The van der Waals surface area contributed by atoms with Gasteiger partial charge in [0.05, 0.1) is 13.2 Å². The molecule has 6 nitrogen and oxygen atoms in total. The highest BCUT2D eigenvalue weighted by molar-refractivity contribution is 8.03. The number of fused-ring (bicyclic) bond motifs is 2. The van der Waals surface area contributed by atoms with Crippen LogP contribution in [-0.2, 0) is 22.3 Å². The third-order valence-corrected chi connectivity index (χ3v) is 6.85. The Kier molecular flexibility index (Phi) is 9.06. The first kappa shape index (κ1) is 25.5. The van der Waals surface area contributed by atoms with Gasteiger partial charge in [0.1, 0.15) is 36.9 Å². The van der Waals surface area contributed by atoms with Crippen molar-refractivity contribution in [3.63, 3.8) is 0 Å². The van der Waals surface area contributed by atoms with Crippen LogP contribution in [-0.4, -0.2) is 63.1 Å². The van der Waals surface area contributed by atoms with Gasteiger partial charge < -0.3 is 29.2 Å². The van der Waals surface area contributed by atoms with E-state index in [2.05, 4.69) is 18.2 Å². The molecule has 186 valence electrons. The van der Waals surface area contributed by atoms with E-state index in [4.69, 9.17) is 18.9 Å². The van der Waals surface area contributed by atoms with Gasteiger partial charge in [0.15, 0.2) is 0 Å². The summed E-state index contributed by atoms with van der Waals surface area (Å²) >= 11 is 1.74. The molecule has 0 heterocycles. The van der Waals surface area contributed by atoms with Crippen molar-refractivity contribution in [1.82, 2.24) is 0 Å². The molecule has 0 spiro atoms. The Morgan fingerprint density at radius 2 is 1.29 bits per heavy atom. The van der Waals surface area contributed by atoms with Crippen LogP contribution < -0.4 is 9.47 Å². The molecule has 0 saturated carbocycles. The van der Waals surface area contributed by atoms with Crippen molar-refractivity contribution in [3.05, 3.63) is 76.7 Å². The van der Waals surface area contributed by atoms with Crippen molar-refractivity contribution >= 4 is 22.5 Å². The van der Waals surface area contributed by atoms with Crippen LogP contribution in [0.2, 0.25) is 0 Å². The van der Waals surface area contributed by atoms with E-state index in [9.17, 15) is 10.2 Å². The van der Waals surface area contributed by atoms with Gasteiger partial charge in [0.2, 0.25) is 0 Å². The number of hydrogen-bond acceptors (Lipinski definition) is 7. The average molecular weight is 497 g/mol. The Morgan fingerprint density at radius 3 is 1.86 bits per heavy atom. The number of thioether (sulfide) groups is 1. The molecule has 2 unspecified atom stereocenters. The lowest BCUT2D eigenvalue weighted by Gasteiger charge is -2.26. The van der Waals surface area contributed by atoms with Gasteiger partial charge in [-0.15, -0.1) is 0 Å². The molecule has 4 rings (SSSR count). The first-order chi connectivity index (χ1) is 17.1. The zero-order valence-electron chi connectivity index (χ0n) is 20.1. The SMILES string of the molecule is COCC(O)COc1c2c(c(OCC(O)COC)c3ccccc13)CC(Sc1ccccc1)=CC2. The second-order valence-corrected chi connectivity index (χ2v) is 9.67. The predicted molar refractivity (Wildman–Crippen MR) is 138 cm³/mol. The maximum absolute atomic E-state index is 10.3. The van der Waals surface area contributed by atoms with Gasteiger partial charge in [-0.05, 0) is 23.5 Å². The number of methoxy groups -OCH3 is 2. The predicted octanol–water partition coefficient (Wildman–Crippen LogP) is 4.39. The fourth-order valence-electron chi connectivity index (χ4n) is 4.23. The molecule has 0 saturated heterocycles. The van der Waals surface area contributed by atoms with Crippen LogP contribution >= 0.6 is 11.8 Å². The summed E-state index contributed by atoms with van der Waals surface area (Å²) in [5.41, 5.74) is 2.09. The topological polar surface area (TPSA) is 77.4 Å². The standard InChI is InChI=1S/C28H32O6S/c1-31-15-19(29)17-33-27-23-10-6-7-11-24(23)28(34-18-20(30)16-32-2)26-14-22(12-13-25(26)27)35-21-8-4-3-5-9-21/h3-12,19-20,29-30H,13-18H2,1-2H3. The molecular formula is C28H32O6S. The first-order valence-corrected chi connectivity index (χ1v) is 12.5. The third-order valence-electron chi connectivity index (χ3n) is 5.76. The van der Waals surface area contributed by atoms with Gasteiger partial charge in [0.25, 0.3) is 0 Å². The molecule has 1 aliphatic carbocycles. The molecule has 35 heavy (non-hydrogen) atoms. The lowest BCUT2D eigenvalue weighted by atomic mass is 9.90. The van der Waals surface area contributed by atoms with Crippen LogP contribution in [0.3, 0.4) is 0 Å². The van der Waals surface area contributed by atoms with Crippen molar-refractivity contribution in [2.24, 2.45) is 0 Å². The Balaban J connectivity index is 1.73. The van der Waals surface area contributed by atoms with Crippen molar-refractivity contribution < 1.29 is 29.2 Å². The number of benzene rings is 3. The molecule has 7 heteroatoms. The van der Waals surface area contributed by atoms with Crippen molar-refractivity contribution in [2.45, 2.75) is 29.9 Å². The number of aliphatic hydroxyl groups excluding tert-OH is 2. The van der Waals surface area contributed by atoms with Crippen LogP contribution in [0.1, 0.15) is 11.1 Å². The van der Waals surface area contributed by atoms with E-state index in [-0.39, 0.29) is 26.4 Å². The lowest BCUT2D eigenvalue weighted by molar-refractivity contribution is 0.0318. The number of hydrogen-bond donors (Lipinski definition) is 2. The van der Waals surface area contributed by atoms with Gasteiger partial charge in [0, 0.05) is 47.4 Å². The molecule has 3 aromatic rings. The number of rotatable bonds is 12. The Labute approximate surface area is 210 Å². The number of ether oxygens (including phenoxy) is 4. The van der Waals surface area contributed by atoms with Crippen LogP contribution in [0.4, 0.5) is 0 Å². The molecule has 0 bridgehead atoms. The first-order valence-electron chi connectivity index (χ1n) is 11.7. The van der Waals surface area contributed by atoms with Crippen LogP contribution in [0, 0.1) is 0 Å². The highest BCUT2D eigenvalue weighted by Crippen LogP contribution is 2.46. The molecule has 0 amide bonds. The lowest BCUT2D eigenvalue weighted by Crippen LogP contribution is -2.24. The summed E-state index contributed by atoms with van der Waals surface area (Å²) in [5, 5.41) is 22.3. The summed E-state index contributed by atoms with van der Waals surface area (Å²) in [6, 6.07) is 18.2. The highest BCUT2D eigenvalue weighted by Gasteiger charge is 2.26. The smallest absolute Gasteiger partial charge is 0.131 e. The molecule has 0 aliphatic heterocycles. The normalized spacial score (nSPS) is 14.8. The Morgan fingerprint density at radius 1 is 0.743 bits per heavy atom. The van der Waals surface area contributed by atoms with E-state index >= 15 is 0 Å². The van der Waals surface area contributed by atoms with Gasteiger partial charge >= 0.3 is 0 Å². The third kappa shape index (κ3) is 6.37. The van der Waals surface area contributed by atoms with E-state index in [1.165, 1.54) is 9.80 Å². The van der Waals surface area contributed by atoms with E-state index in [0.29, 0.717) is 12.8 Å². The molecule has 2 N–H and O–H groups in total. The van der Waals surface area contributed by atoms with E-state index in [1.54, 1.807) is 26.0 Å². The van der Waals surface area contributed by atoms with Crippen molar-refractivity contribution in [3.8, 4) is 11.5 Å². The van der Waals surface area contributed by atoms with E-state index in [1.807, 2.05) is 42.5 Å². The molecule has 0 fully saturated rings. The molecule has 3 aromatic carbocycles. The average Bonchev–Trinajstić information content (AvgIpc) is 2.87. The summed E-state index contributed by atoms with van der Waals surface area (Å²) in [4.78, 5) is 2.41. The fourth-order valence-corrected chi connectivity index (χ4v) is 5.21. The largest absolute Gasteiger partial charge is 0.490 e. The van der Waals surface area contributed by atoms with Crippen LogP contribution in [0.15, 0.2) is 70.5 Å². The summed E-state index contributed by atoms with van der Waals surface area (Å²) in [6.45, 7) is 0.665. The van der Waals surface area contributed by atoms with Gasteiger partial charge in [-0.3, -0.25) is 0 Å². The molecule has 0 radical (unpaired) electrons. The summed E-state index contributed by atoms with van der Waals surface area (Å²) < 4.78 is 22.6. The Bertz CT molecular complexity index is 1150. The van der Waals surface area contributed by atoms with Crippen molar-refractivity contribution in [2.75, 3.05) is 40.6 Å². The maximum Gasteiger partial charge on any atom is 0.131 e. The van der Waals surface area contributed by atoms with Gasteiger partial charge in [-0.25, -0.2) is 0 Å². The minimum atomic E-state index is -0.730. The maximum atomic E-state index is 10.3. The van der Waals surface area contributed by atoms with Crippen LogP contribution in [0.5, 0.6) is 11.5 Å². The quantitative estimate of drug-likeness (QED) is 0.385. The zero-order chi connectivity index (χ0) is 24.6. The minimum Gasteiger partial charge on any atom is -0.490 e. The van der Waals surface area contributed by atoms with E-state index in [0.717, 1.165) is 33.4 Å². The molecular weight excluding hydrogens is 464 g/mol. The van der Waals surface area contributed by atoms with Gasteiger partial charge in [-0.2, -0.15) is 0 Å². The fraction of sp³-hybridized carbons (Fsp3) is 0.357. The summed E-state index contributed by atoms with van der Waals surface area (Å²) in [5.74, 6) is 1.52. The summed E-state index contributed by atoms with van der Waals surface area (Å²) in [6.07, 6.45) is 2.15. The summed E-state index contributed by atoms with van der Waals surface area (Å²) in [7, 11) is 3.11. The van der Waals surface area contributed by atoms with Crippen molar-refractivity contribution in [1.29, 1.82) is 0 Å². The Hall–Kier alpha value is -2.55. The minimum absolute atomic E-state index is 0.127. The molecule has 1 aliphatic rings. The van der Waals surface area contributed by atoms with E-state index < -0.39 is 12.2 Å². The second kappa shape index (κ2) is 12.4. The highest BCUT2D eigenvalue weighted by atomic mass is 32.2. The molecule has 0 aromatic heterocycles. The van der Waals surface area contributed by atoms with Crippen LogP contribution in [0.25, 0.3) is 10.8 Å². The molecule has 2 atom stereocenters. The zero-order valence-corrected chi connectivity index (χ0v) is 20.9. The number of allylic oxidation sites excluding steroid dienone is 2. The van der Waals surface area contributed by atoms with Gasteiger partial charge in [-0.1, -0.05) is 60.3 Å².